The molecule has 10 N–H and O–H groups in total. The number of anilines is 8. The van der Waals surface area contributed by atoms with Crippen LogP contribution in [0.1, 0.15) is 36.8 Å². The maximum atomic E-state index is 12.7. The fourth-order valence-electron chi connectivity index (χ4n) is 7.04. The fourth-order valence-corrected chi connectivity index (χ4v) is 9.18. The average Bonchev–Trinajstić information content (AvgIpc) is 3.24. The van der Waals surface area contributed by atoms with Crippen LogP contribution in [-0.2, 0) is 40.5 Å². The molecule has 26 nitrogen and oxygen atoms in total. The van der Waals surface area contributed by atoms with E-state index in [0.717, 1.165) is 25.0 Å². The average molecular weight is 1000 g/mol. The van der Waals surface area contributed by atoms with Gasteiger partial charge in [-0.25, -0.2) is 0 Å². The van der Waals surface area contributed by atoms with Gasteiger partial charge in [-0.3, -0.25) is 18.2 Å². The molecule has 30 heteroatoms. The molecular formula is C36H48N12O14S4. The normalized spacial score (nSPS) is 17.5. The lowest BCUT2D eigenvalue weighted by atomic mass is 9.99. The van der Waals surface area contributed by atoms with E-state index in [1.54, 1.807) is 9.80 Å². The minimum absolute atomic E-state index is 0.0496. The van der Waals surface area contributed by atoms with Gasteiger partial charge in [0.2, 0.25) is 35.7 Å². The molecule has 2 aliphatic heterocycles. The molecule has 2 aromatic heterocycles. The second kappa shape index (κ2) is 21.0. The van der Waals surface area contributed by atoms with Gasteiger partial charge < -0.3 is 41.3 Å². The molecule has 0 radical (unpaired) electrons. The molecule has 0 aliphatic carbocycles. The second-order valence-corrected chi connectivity index (χ2v) is 21.2. The molecule has 0 bridgehead atoms. The Bertz CT molecular complexity index is 2680. The summed E-state index contributed by atoms with van der Waals surface area (Å²) in [5, 5.41) is 30.6. The number of rotatable bonds is 20. The number of aliphatic hydroxyl groups excluding tert-OH is 2. The van der Waals surface area contributed by atoms with E-state index in [4.69, 9.17) is 0 Å². The quantitative estimate of drug-likeness (QED) is 0.0439. The van der Waals surface area contributed by atoms with Crippen molar-refractivity contribution in [3.63, 3.8) is 0 Å². The van der Waals surface area contributed by atoms with Gasteiger partial charge in [-0.1, -0.05) is 24.3 Å². The Labute approximate surface area is 380 Å². The third-order valence-corrected chi connectivity index (χ3v) is 13.5. The summed E-state index contributed by atoms with van der Waals surface area (Å²) in [5.41, 5.74) is -0.138. The van der Waals surface area contributed by atoms with Gasteiger partial charge in [0.25, 0.3) is 40.5 Å². The lowest BCUT2D eigenvalue weighted by molar-refractivity contribution is 0.208. The van der Waals surface area contributed by atoms with Gasteiger partial charge in [0.1, 0.15) is 9.79 Å². The van der Waals surface area contributed by atoms with Crippen LogP contribution >= 0.6 is 0 Å². The Morgan fingerprint density at radius 3 is 1.29 bits per heavy atom. The van der Waals surface area contributed by atoms with Crippen LogP contribution in [-0.4, -0.2) is 156 Å². The first-order chi connectivity index (χ1) is 31.0. The summed E-state index contributed by atoms with van der Waals surface area (Å²) >= 11 is 0. The molecule has 0 saturated carbocycles. The number of piperidine rings is 2. The SMILES string of the molecule is O=S(=O)(O)CCNc1nc(Nc2ccc(C=Cc3ccc(Nc4nc(NCCS(=O)(=O)O)nc(N5CCCC(CO)C5)n4)cc3S(=O)(=O)O)c(S(=O)(=O)O)c2)nc(N2CCCC(CO)C2)n1. The monoisotopic (exact) mass is 1000 g/mol. The van der Waals surface area contributed by atoms with E-state index >= 15 is 0 Å². The van der Waals surface area contributed by atoms with E-state index in [2.05, 4.69) is 51.2 Å². The minimum atomic E-state index is -4.96. The van der Waals surface area contributed by atoms with Crippen molar-refractivity contribution in [3.05, 3.63) is 47.5 Å². The van der Waals surface area contributed by atoms with Crippen molar-refractivity contribution in [2.45, 2.75) is 35.5 Å². The molecule has 2 unspecified atom stereocenters. The highest BCUT2D eigenvalue weighted by Crippen LogP contribution is 2.30. The molecular weight excluding hydrogens is 953 g/mol. The van der Waals surface area contributed by atoms with Crippen LogP contribution in [0.5, 0.6) is 0 Å². The molecule has 2 saturated heterocycles. The van der Waals surface area contributed by atoms with Crippen LogP contribution in [0.2, 0.25) is 0 Å². The lowest BCUT2D eigenvalue weighted by Crippen LogP contribution is -2.38. The number of hydrogen-bond acceptors (Lipinski definition) is 22. The van der Waals surface area contributed by atoms with Crippen molar-refractivity contribution in [2.24, 2.45) is 11.8 Å². The smallest absolute Gasteiger partial charge is 0.295 e. The molecule has 0 amide bonds. The summed E-state index contributed by atoms with van der Waals surface area (Å²) < 4.78 is 135. The zero-order valence-corrected chi connectivity index (χ0v) is 38.1. The van der Waals surface area contributed by atoms with Crippen molar-refractivity contribution in [1.82, 2.24) is 29.9 Å². The standard InChI is InChI=1S/C36H48N12O14S4/c49-21-23-3-1-13-47(19-23)35-43-31(37-11-15-63(51,52)53)41-33(45-35)39-27-9-7-25(29(17-27)65(57,58)59)5-6-26-8-10-28(18-30(26)66(60,61)62)40-34-42-32(38-12-16-64(54,55)56)44-36(46-34)48-14-2-4-24(20-48)22-50/h5-10,17-18,23-24,49-50H,1-4,11-16,19-22H2,(H,51,52,53)(H,54,55,56)(H,57,58,59)(H,60,61,62)(H2,37,39,41,43,45)(H2,38,40,42,44,46). The topological polar surface area (TPSA) is 390 Å². The number of aliphatic hydroxyl groups is 2. The molecule has 4 aromatic rings. The predicted molar refractivity (Wildman–Crippen MR) is 242 cm³/mol. The Morgan fingerprint density at radius 2 is 0.939 bits per heavy atom. The highest BCUT2D eigenvalue weighted by molar-refractivity contribution is 7.86. The van der Waals surface area contributed by atoms with Gasteiger partial charge >= 0.3 is 0 Å². The maximum Gasteiger partial charge on any atom is 0.295 e. The van der Waals surface area contributed by atoms with E-state index in [1.807, 2.05) is 0 Å². The van der Waals surface area contributed by atoms with Gasteiger partial charge in [-0.2, -0.15) is 63.6 Å². The molecule has 6 rings (SSSR count). The zero-order chi connectivity index (χ0) is 47.9. The molecule has 0 spiro atoms. The van der Waals surface area contributed by atoms with Crippen LogP contribution in [0.4, 0.5) is 47.1 Å². The number of nitrogens with zero attached hydrogens (tertiary/aromatic N) is 8. The maximum absolute atomic E-state index is 12.7. The number of benzene rings is 2. The van der Waals surface area contributed by atoms with Crippen molar-refractivity contribution < 1.29 is 62.1 Å². The highest BCUT2D eigenvalue weighted by Gasteiger charge is 2.25. The Kier molecular flexibility index (Phi) is 15.9. The molecule has 360 valence electrons. The largest absolute Gasteiger partial charge is 0.396 e. The Hall–Kier alpha value is -5.44. The predicted octanol–water partition coefficient (Wildman–Crippen LogP) is 1.22. The lowest BCUT2D eigenvalue weighted by Gasteiger charge is -2.32. The van der Waals surface area contributed by atoms with E-state index in [-0.39, 0.29) is 96.3 Å². The summed E-state index contributed by atoms with van der Waals surface area (Å²) in [6.45, 7) is 1.12. The van der Waals surface area contributed by atoms with Crippen molar-refractivity contribution in [1.29, 1.82) is 0 Å². The van der Waals surface area contributed by atoms with Crippen molar-refractivity contribution in [3.8, 4) is 0 Å². The number of aromatic nitrogens is 6. The van der Waals surface area contributed by atoms with E-state index in [9.17, 15) is 62.1 Å². The van der Waals surface area contributed by atoms with Crippen LogP contribution in [0.25, 0.3) is 12.2 Å². The van der Waals surface area contributed by atoms with Crippen LogP contribution in [0.3, 0.4) is 0 Å². The first kappa shape index (κ1) is 50.0. The van der Waals surface area contributed by atoms with Crippen molar-refractivity contribution in [2.75, 3.05) is 95.1 Å². The summed E-state index contributed by atoms with van der Waals surface area (Å²) in [7, 11) is -18.6. The molecule has 2 aliphatic rings. The van der Waals surface area contributed by atoms with E-state index in [0.29, 0.717) is 39.0 Å². The van der Waals surface area contributed by atoms with Gasteiger partial charge in [0.15, 0.2) is 0 Å². The van der Waals surface area contributed by atoms with Crippen LogP contribution < -0.4 is 31.1 Å². The summed E-state index contributed by atoms with van der Waals surface area (Å²) in [4.78, 5) is 28.3. The Balaban J connectivity index is 1.27. The molecule has 2 aromatic carbocycles. The number of nitrogens with one attached hydrogen (secondary N) is 4. The van der Waals surface area contributed by atoms with Crippen LogP contribution in [0, 0.1) is 11.8 Å². The molecule has 2 fully saturated rings. The highest BCUT2D eigenvalue weighted by atomic mass is 32.2. The van der Waals surface area contributed by atoms with Gasteiger partial charge in [-0.15, -0.1) is 0 Å². The third kappa shape index (κ3) is 14.5. The van der Waals surface area contributed by atoms with Gasteiger partial charge in [0, 0.05) is 63.9 Å². The minimum Gasteiger partial charge on any atom is -0.396 e. The second-order valence-electron chi connectivity index (χ2n) is 15.3. The van der Waals surface area contributed by atoms with Gasteiger partial charge in [0.05, 0.1) is 11.5 Å². The molecule has 4 heterocycles. The summed E-state index contributed by atoms with van der Waals surface area (Å²) in [5.74, 6) is -1.61. The fraction of sp³-hybridized carbons (Fsp3) is 0.444. The first-order valence-corrected chi connectivity index (χ1v) is 26.2. The zero-order valence-electron chi connectivity index (χ0n) is 34.8. The Morgan fingerprint density at radius 1 is 0.561 bits per heavy atom. The first-order valence-electron chi connectivity index (χ1n) is 20.1. The molecule has 66 heavy (non-hydrogen) atoms. The van der Waals surface area contributed by atoms with Crippen LogP contribution in [0.15, 0.2) is 46.2 Å². The summed E-state index contributed by atoms with van der Waals surface area (Å²) in [6.07, 6.45) is 5.31. The molecule has 2 atom stereocenters. The van der Waals surface area contributed by atoms with E-state index < -0.39 is 61.8 Å². The summed E-state index contributed by atoms with van der Waals surface area (Å²) in [6, 6.07) is 7.44. The van der Waals surface area contributed by atoms with Crippen molar-refractivity contribution >= 4 is 99.7 Å². The van der Waals surface area contributed by atoms with Gasteiger partial charge in [-0.05, 0) is 72.9 Å². The third-order valence-electron chi connectivity index (χ3n) is 10.2. The number of hydrogen-bond donors (Lipinski definition) is 10. The van der Waals surface area contributed by atoms with E-state index in [1.165, 1.54) is 36.4 Å².